The number of halogens is 11. The molecule has 0 radical (unpaired) electrons. The van der Waals surface area contributed by atoms with Gasteiger partial charge in [0.15, 0.2) is 0 Å². The van der Waals surface area contributed by atoms with Crippen LogP contribution in [-0.4, -0.2) is 12.8 Å². The molecule has 5 aromatic carbocycles. The average molecular weight is 681 g/mol. The van der Waals surface area contributed by atoms with Gasteiger partial charge >= 0.3 is 12.3 Å². The van der Waals surface area contributed by atoms with Gasteiger partial charge in [0.2, 0.25) is 0 Å². The van der Waals surface area contributed by atoms with Crippen molar-refractivity contribution in [3.8, 4) is 28.7 Å². The number of benzene rings is 5. The first-order chi connectivity index (χ1) is 22.6. The lowest BCUT2D eigenvalue weighted by atomic mass is 9.94. The predicted octanol–water partition coefficient (Wildman–Crippen LogP) is 10.8. The average Bonchev–Trinajstić information content (AvgIpc) is 2.99. The molecule has 1 atom stereocenters. The second-order valence-electron chi connectivity index (χ2n) is 11.0. The van der Waals surface area contributed by atoms with Gasteiger partial charge in [-0.05, 0) is 89.7 Å². The van der Waals surface area contributed by atoms with Gasteiger partial charge in [-0.2, -0.15) is 22.0 Å². The fraction of sp³-hybridized carbons (Fsp3) is 0.200. The Kier molecular flexibility index (Phi) is 8.49. The third-order valence-corrected chi connectivity index (χ3v) is 7.80. The lowest BCUT2D eigenvalue weighted by Gasteiger charge is -2.23. The minimum atomic E-state index is -5.05. The first kappa shape index (κ1) is 33.1. The number of ether oxygens (including phenoxy) is 2. The Labute approximate surface area is 264 Å². The molecule has 1 fully saturated rings. The molecule has 0 aromatic heterocycles. The van der Waals surface area contributed by atoms with Crippen LogP contribution in [0.4, 0.5) is 48.3 Å². The second kappa shape index (κ2) is 12.3. The van der Waals surface area contributed by atoms with E-state index in [4.69, 9.17) is 4.74 Å². The highest BCUT2D eigenvalue weighted by atomic mass is 19.4. The molecular formula is C35H19F11O2. The van der Waals surface area contributed by atoms with Gasteiger partial charge < -0.3 is 9.47 Å². The van der Waals surface area contributed by atoms with E-state index in [0.717, 1.165) is 37.3 Å². The number of hydrogen-bond donors (Lipinski definition) is 0. The molecule has 0 amide bonds. The van der Waals surface area contributed by atoms with Crippen LogP contribution < -0.4 is 4.74 Å². The first-order valence-electron chi connectivity index (χ1n) is 14.2. The summed E-state index contributed by atoms with van der Waals surface area (Å²) in [5.74, 6) is -8.08. The molecule has 0 saturated carbocycles. The number of hydrogen-bond acceptors (Lipinski definition) is 2. The quantitative estimate of drug-likeness (QED) is 0.136. The van der Waals surface area contributed by atoms with Gasteiger partial charge in [0.05, 0.1) is 17.2 Å². The Balaban J connectivity index is 1.31. The van der Waals surface area contributed by atoms with Gasteiger partial charge in [-0.15, -0.1) is 0 Å². The normalized spacial score (nSPS) is 15.4. The van der Waals surface area contributed by atoms with E-state index in [2.05, 4.69) is 4.74 Å². The molecule has 0 aliphatic carbocycles. The fourth-order valence-corrected chi connectivity index (χ4v) is 5.63. The third kappa shape index (κ3) is 6.36. The molecule has 5 aromatic rings. The molecule has 1 saturated heterocycles. The van der Waals surface area contributed by atoms with Crippen molar-refractivity contribution in [3.63, 3.8) is 0 Å². The van der Waals surface area contributed by atoms with Crippen molar-refractivity contribution in [2.45, 2.75) is 37.7 Å². The zero-order valence-corrected chi connectivity index (χ0v) is 24.2. The maximum atomic E-state index is 15.6. The van der Waals surface area contributed by atoms with Gasteiger partial charge in [0.1, 0.15) is 46.2 Å². The van der Waals surface area contributed by atoms with E-state index in [0.29, 0.717) is 42.5 Å². The highest BCUT2D eigenvalue weighted by Gasteiger charge is 2.41. The first-order valence-corrected chi connectivity index (χ1v) is 14.2. The van der Waals surface area contributed by atoms with Crippen LogP contribution in [0.5, 0.6) is 5.75 Å². The van der Waals surface area contributed by atoms with Crippen molar-refractivity contribution >= 4 is 21.5 Å². The Morgan fingerprint density at radius 3 is 2.00 bits per heavy atom. The Morgan fingerprint density at radius 1 is 0.688 bits per heavy atom. The molecular weight excluding hydrogens is 661 g/mol. The lowest BCUT2D eigenvalue weighted by molar-refractivity contribution is -0.189. The zero-order valence-electron chi connectivity index (χ0n) is 24.2. The zero-order chi connectivity index (χ0) is 34.5. The van der Waals surface area contributed by atoms with E-state index in [1.807, 2.05) is 0 Å². The fourth-order valence-electron chi connectivity index (χ4n) is 5.63. The molecule has 13 heteroatoms. The summed E-state index contributed by atoms with van der Waals surface area (Å²) in [6.45, 7) is 0.539. The van der Waals surface area contributed by atoms with Crippen molar-refractivity contribution in [2.24, 2.45) is 0 Å². The standard InChI is InChI=1S/C35H19F11O2/c36-25-13-19-12-21(5-7-22(19)32(40)24(25)8-9-34(42,43)44)48-35(45,46)31-27(38)15-20(16-28(31)39)30-26(37)14-18-11-17(4-6-23(18)33(30)41)29-3-1-2-10-47-29/h4-7,11-16,29H,1-3,10H2. The summed E-state index contributed by atoms with van der Waals surface area (Å²) in [5.41, 5.74) is -4.04. The van der Waals surface area contributed by atoms with Crippen LogP contribution in [0, 0.1) is 46.7 Å². The molecule has 0 bridgehead atoms. The van der Waals surface area contributed by atoms with E-state index in [1.54, 1.807) is 12.1 Å². The van der Waals surface area contributed by atoms with E-state index < -0.39 is 86.0 Å². The van der Waals surface area contributed by atoms with Gasteiger partial charge in [-0.25, -0.2) is 26.3 Å². The summed E-state index contributed by atoms with van der Waals surface area (Å²) in [6.07, 6.45) is -7.55. The van der Waals surface area contributed by atoms with Crippen molar-refractivity contribution in [3.05, 3.63) is 112 Å². The van der Waals surface area contributed by atoms with Crippen molar-refractivity contribution in [2.75, 3.05) is 6.61 Å². The van der Waals surface area contributed by atoms with E-state index in [9.17, 15) is 22.0 Å². The molecule has 1 unspecified atom stereocenters. The molecule has 248 valence electrons. The van der Waals surface area contributed by atoms with Crippen LogP contribution in [0.15, 0.2) is 60.7 Å². The number of rotatable bonds is 5. The molecule has 2 nitrogen and oxygen atoms in total. The predicted molar refractivity (Wildman–Crippen MR) is 153 cm³/mol. The van der Waals surface area contributed by atoms with Crippen LogP contribution in [0.3, 0.4) is 0 Å². The molecule has 1 heterocycles. The van der Waals surface area contributed by atoms with Crippen LogP contribution >= 0.6 is 0 Å². The highest BCUT2D eigenvalue weighted by Crippen LogP contribution is 2.40. The summed E-state index contributed by atoms with van der Waals surface area (Å²) in [6, 6.07) is 8.70. The summed E-state index contributed by atoms with van der Waals surface area (Å²) in [7, 11) is 0. The van der Waals surface area contributed by atoms with E-state index >= 15 is 26.3 Å². The molecule has 1 aliphatic heterocycles. The monoisotopic (exact) mass is 680 g/mol. The largest absolute Gasteiger partial charge is 0.458 e. The topological polar surface area (TPSA) is 18.5 Å². The SMILES string of the molecule is Fc1cc2cc(OC(F)(F)c3c(F)cc(-c4c(F)cc5cc(C6CCCCO6)ccc5c4F)cc3F)ccc2c(F)c1C#CC(F)(F)F. The van der Waals surface area contributed by atoms with Crippen molar-refractivity contribution in [1.29, 1.82) is 0 Å². The summed E-state index contributed by atoms with van der Waals surface area (Å²) in [5, 5.41) is -0.905. The van der Waals surface area contributed by atoms with Crippen LogP contribution in [0.2, 0.25) is 0 Å². The lowest BCUT2D eigenvalue weighted by Crippen LogP contribution is -2.25. The van der Waals surface area contributed by atoms with Gasteiger partial charge in [0, 0.05) is 23.3 Å². The minimum absolute atomic E-state index is 0.0896. The van der Waals surface area contributed by atoms with E-state index in [-0.39, 0.29) is 16.9 Å². The van der Waals surface area contributed by atoms with Crippen molar-refractivity contribution < 1.29 is 57.8 Å². The summed E-state index contributed by atoms with van der Waals surface area (Å²) in [4.78, 5) is 0. The number of alkyl halides is 5. The second-order valence-corrected chi connectivity index (χ2v) is 11.0. The molecule has 0 N–H and O–H groups in total. The maximum Gasteiger partial charge on any atom is 0.458 e. The molecule has 0 spiro atoms. The summed E-state index contributed by atoms with van der Waals surface area (Å²) >= 11 is 0. The third-order valence-electron chi connectivity index (χ3n) is 7.80. The molecule has 6 rings (SSSR count). The van der Waals surface area contributed by atoms with Crippen molar-refractivity contribution in [1.82, 2.24) is 0 Å². The van der Waals surface area contributed by atoms with Gasteiger partial charge in [0.25, 0.3) is 0 Å². The van der Waals surface area contributed by atoms with Gasteiger partial charge in [-0.3, -0.25) is 0 Å². The Bertz CT molecular complexity index is 2120. The number of fused-ring (bicyclic) bond motifs is 2. The maximum absolute atomic E-state index is 15.6. The molecule has 1 aliphatic rings. The Hall–Kier alpha value is -4.83. The van der Waals surface area contributed by atoms with Crippen LogP contribution in [0.1, 0.15) is 42.1 Å². The smallest absolute Gasteiger partial charge is 0.429 e. The van der Waals surface area contributed by atoms with Gasteiger partial charge in [-0.1, -0.05) is 18.1 Å². The van der Waals surface area contributed by atoms with Crippen LogP contribution in [-0.2, 0) is 10.8 Å². The molecule has 48 heavy (non-hydrogen) atoms. The van der Waals surface area contributed by atoms with E-state index in [1.165, 1.54) is 12.0 Å². The highest BCUT2D eigenvalue weighted by molar-refractivity contribution is 5.89. The summed E-state index contributed by atoms with van der Waals surface area (Å²) < 4.78 is 168. The minimum Gasteiger partial charge on any atom is -0.429 e. The van der Waals surface area contributed by atoms with Crippen LogP contribution in [0.25, 0.3) is 32.7 Å². The Morgan fingerprint density at radius 2 is 1.33 bits per heavy atom.